The first-order chi connectivity index (χ1) is 28.9. The van der Waals surface area contributed by atoms with Crippen LogP contribution >= 0.6 is 0 Å². The summed E-state index contributed by atoms with van der Waals surface area (Å²) >= 11 is 0. The van der Waals surface area contributed by atoms with Crippen LogP contribution in [0.5, 0.6) is 17.2 Å². The summed E-state index contributed by atoms with van der Waals surface area (Å²) in [6.45, 7) is 11.4. The Morgan fingerprint density at radius 3 is 1.21 bits per heavy atom. The third-order valence-corrected chi connectivity index (χ3v) is 10.1. The molecular formula is C44H50BF12NO4. The van der Waals surface area contributed by atoms with E-state index in [4.69, 9.17) is 18.7 Å². The number of halogens is 12. The van der Waals surface area contributed by atoms with Gasteiger partial charge in [0.05, 0.1) is 48.5 Å². The van der Waals surface area contributed by atoms with E-state index in [9.17, 15) is 52.7 Å². The lowest BCUT2D eigenvalue weighted by atomic mass is 9.93. The van der Waals surface area contributed by atoms with Gasteiger partial charge in [0.25, 0.3) is 0 Å². The van der Waals surface area contributed by atoms with Crippen molar-refractivity contribution in [3.63, 3.8) is 0 Å². The summed E-state index contributed by atoms with van der Waals surface area (Å²) in [7, 11) is -1.89. The molecule has 0 aliphatic heterocycles. The van der Waals surface area contributed by atoms with Gasteiger partial charge in [0.2, 0.25) is 5.72 Å². The van der Waals surface area contributed by atoms with Crippen molar-refractivity contribution in [2.75, 3.05) is 26.2 Å². The third kappa shape index (κ3) is 14.5. The molecule has 0 aliphatic carbocycles. The number of benzene rings is 4. The van der Waals surface area contributed by atoms with Crippen molar-refractivity contribution >= 4 is 7.32 Å². The van der Waals surface area contributed by atoms with Crippen LogP contribution in [0.4, 0.5) is 52.7 Å². The maximum atomic E-state index is 14.4. The molecule has 0 saturated carbocycles. The van der Waals surface area contributed by atoms with Crippen LogP contribution in [0.3, 0.4) is 0 Å². The first-order valence-corrected chi connectivity index (χ1v) is 20.0. The fourth-order valence-corrected chi connectivity index (χ4v) is 6.70. The fourth-order valence-electron chi connectivity index (χ4n) is 6.70. The number of nitrogens with zero attached hydrogens (tertiary/aromatic N) is 1. The van der Waals surface area contributed by atoms with Crippen molar-refractivity contribution in [2.45, 2.75) is 104 Å². The van der Waals surface area contributed by atoms with Crippen LogP contribution in [-0.2, 0) is 35.2 Å². The first-order valence-electron chi connectivity index (χ1n) is 20.0. The van der Waals surface area contributed by atoms with E-state index >= 15 is 0 Å². The van der Waals surface area contributed by atoms with Gasteiger partial charge < -0.3 is 18.7 Å². The maximum Gasteiger partial charge on any atom is 0.864 e. The van der Waals surface area contributed by atoms with Gasteiger partial charge in [-0.3, -0.25) is 4.48 Å². The van der Waals surface area contributed by atoms with Crippen LogP contribution in [-0.4, -0.2) is 38.0 Å². The average molecular weight is 896 g/mol. The Hall–Kier alpha value is -4.58. The molecule has 4 aromatic rings. The minimum absolute atomic E-state index is 0.0320. The van der Waals surface area contributed by atoms with Crippen molar-refractivity contribution in [1.29, 1.82) is 0 Å². The Labute approximate surface area is 354 Å². The molecule has 0 radical (unpaired) electrons. The van der Waals surface area contributed by atoms with E-state index in [2.05, 4.69) is 6.07 Å². The van der Waals surface area contributed by atoms with Gasteiger partial charge in [0.1, 0.15) is 17.2 Å². The minimum atomic E-state index is -4.75. The molecule has 342 valence electrons. The standard InChI is InChI=1S/C37H46BF9NO4.C7H4F3/c1-6-10-23-48(24-11-7-2,25-12-8-3)34(5,49-9-4)32-26-29(37(45,46)47)17-22-33(32)52-38(50-30-18-13-27(14-19-30)35(39,40)41)51-31-20-15-28(16-21-31)36(42,43)44;8-7(9,10)6-4-2-1-3-5-6/h13-22,26H,6-12,23-25H2,1-5H3;2-5H/q+1;-1. The number of unbranched alkanes of at least 4 members (excludes halogenated alkanes) is 3. The highest BCUT2D eigenvalue weighted by atomic mass is 19.4. The number of hydrogen-bond donors (Lipinski definition) is 0. The summed E-state index contributed by atoms with van der Waals surface area (Å²) in [4.78, 5) is 0. The average Bonchev–Trinajstić information content (AvgIpc) is 3.20. The molecule has 0 bridgehead atoms. The van der Waals surface area contributed by atoms with Gasteiger partial charge in [-0.2, -0.15) is 83.0 Å². The maximum absolute atomic E-state index is 14.4. The molecule has 0 amide bonds. The molecule has 0 saturated heterocycles. The topological polar surface area (TPSA) is 36.9 Å². The van der Waals surface area contributed by atoms with Gasteiger partial charge >= 0.3 is 32.0 Å². The second kappa shape index (κ2) is 22.2. The second-order valence-corrected chi connectivity index (χ2v) is 14.5. The highest BCUT2D eigenvalue weighted by Gasteiger charge is 2.52. The largest absolute Gasteiger partial charge is 0.864 e. The third-order valence-electron chi connectivity index (χ3n) is 10.1. The van der Waals surface area contributed by atoms with E-state index in [1.54, 1.807) is 13.8 Å². The Morgan fingerprint density at radius 2 is 0.871 bits per heavy atom. The van der Waals surface area contributed by atoms with Crippen molar-refractivity contribution in [3.8, 4) is 17.2 Å². The number of ether oxygens (including phenoxy) is 1. The summed E-state index contributed by atoms with van der Waals surface area (Å²) in [5.74, 6) is -0.491. The van der Waals surface area contributed by atoms with Gasteiger partial charge in [-0.1, -0.05) is 45.6 Å². The Morgan fingerprint density at radius 1 is 0.500 bits per heavy atom. The molecule has 5 nitrogen and oxygen atoms in total. The van der Waals surface area contributed by atoms with E-state index in [1.165, 1.54) is 12.1 Å². The molecule has 4 aromatic carbocycles. The van der Waals surface area contributed by atoms with Crippen molar-refractivity contribution in [3.05, 3.63) is 125 Å². The van der Waals surface area contributed by atoms with Gasteiger partial charge in [0.15, 0.2) is 0 Å². The zero-order chi connectivity index (χ0) is 46.4. The van der Waals surface area contributed by atoms with Crippen molar-refractivity contribution < 1.29 is 75.9 Å². The van der Waals surface area contributed by atoms with Crippen LogP contribution < -0.4 is 14.0 Å². The van der Waals surface area contributed by atoms with Gasteiger partial charge in [-0.25, -0.2) is 0 Å². The van der Waals surface area contributed by atoms with Crippen molar-refractivity contribution in [1.82, 2.24) is 0 Å². The normalized spacial score (nSPS) is 13.4. The first kappa shape index (κ1) is 51.8. The van der Waals surface area contributed by atoms with Crippen molar-refractivity contribution in [2.24, 2.45) is 0 Å². The van der Waals surface area contributed by atoms with Crippen LogP contribution in [0.15, 0.2) is 91.0 Å². The number of quaternary nitrogens is 1. The molecule has 1 unspecified atom stereocenters. The summed E-state index contributed by atoms with van der Waals surface area (Å²) in [6, 6.07) is 16.8. The van der Waals surface area contributed by atoms with Gasteiger partial charge in [0, 0.05) is 6.92 Å². The molecule has 18 heteroatoms. The van der Waals surface area contributed by atoms with Crippen LogP contribution in [0.25, 0.3) is 0 Å². The van der Waals surface area contributed by atoms with Gasteiger partial charge in [-0.15, -0.1) is 0 Å². The van der Waals surface area contributed by atoms with Crippen LogP contribution in [0.2, 0.25) is 0 Å². The summed E-state index contributed by atoms with van der Waals surface area (Å²) in [5.41, 5.74) is -4.93. The minimum Gasteiger partial charge on any atom is -0.490 e. The zero-order valence-corrected chi connectivity index (χ0v) is 34.9. The molecule has 62 heavy (non-hydrogen) atoms. The zero-order valence-electron chi connectivity index (χ0n) is 34.9. The molecule has 0 aliphatic rings. The summed E-state index contributed by atoms with van der Waals surface area (Å²) < 4.78 is 183. The van der Waals surface area contributed by atoms with Crippen LogP contribution in [0, 0.1) is 6.07 Å². The lowest BCUT2D eigenvalue weighted by molar-refractivity contribution is -1.01. The van der Waals surface area contributed by atoms with Crippen LogP contribution in [0.1, 0.15) is 101 Å². The molecular weight excluding hydrogens is 845 g/mol. The lowest BCUT2D eigenvalue weighted by Gasteiger charge is -2.52. The molecule has 0 aromatic heterocycles. The second-order valence-electron chi connectivity index (χ2n) is 14.5. The Balaban J connectivity index is 0.000000895. The monoisotopic (exact) mass is 895 g/mol. The van der Waals surface area contributed by atoms with E-state index in [-0.39, 0.29) is 33.9 Å². The summed E-state index contributed by atoms with van der Waals surface area (Å²) in [5, 5.41) is 0. The smallest absolute Gasteiger partial charge is 0.490 e. The molecule has 4 rings (SSSR count). The Kier molecular flexibility index (Phi) is 18.5. The Bertz CT molecular complexity index is 1840. The lowest BCUT2D eigenvalue weighted by Crippen LogP contribution is -2.63. The van der Waals surface area contributed by atoms with E-state index in [0.717, 1.165) is 117 Å². The molecule has 0 spiro atoms. The van der Waals surface area contributed by atoms with E-state index in [1.807, 2.05) is 20.8 Å². The summed E-state index contributed by atoms with van der Waals surface area (Å²) in [6.07, 6.45) is -13.6. The predicted molar refractivity (Wildman–Crippen MR) is 211 cm³/mol. The highest BCUT2D eigenvalue weighted by molar-refractivity contribution is 6.39. The molecule has 0 fully saturated rings. The SMILES string of the molecule is CCCC[N+](CCCC)(CCCC)C(C)(OCC)c1cc(C(F)(F)F)ccc1OB(Oc1ccc(C(F)(F)F)cc1)Oc1ccc(C(F)(F)F)cc1.FC(F)(F)c1cc[c-]cc1. The predicted octanol–water partition coefficient (Wildman–Crippen LogP) is 14.2. The quantitative estimate of drug-likeness (QED) is 0.0309. The van der Waals surface area contributed by atoms with E-state index in [0.29, 0.717) is 19.6 Å². The highest BCUT2D eigenvalue weighted by Crippen LogP contribution is 2.45. The number of alkyl halides is 12. The number of hydrogen-bond acceptors (Lipinski definition) is 4. The number of rotatable bonds is 19. The fraction of sp³-hybridized carbons (Fsp3) is 0.455. The molecule has 1 atom stereocenters. The van der Waals surface area contributed by atoms with E-state index < -0.39 is 60.0 Å². The van der Waals surface area contributed by atoms with Gasteiger partial charge in [-0.05, 0) is 92.9 Å². The molecule has 0 heterocycles. The molecule has 0 N–H and O–H groups in total.